The van der Waals surface area contributed by atoms with Gasteiger partial charge in [0.1, 0.15) is 0 Å². The normalized spacial score (nSPS) is 20.4. The van der Waals surface area contributed by atoms with Gasteiger partial charge >= 0.3 is 6.18 Å². The summed E-state index contributed by atoms with van der Waals surface area (Å²) in [5.74, 6) is 0. The predicted octanol–water partition coefficient (Wildman–Crippen LogP) is 6.40. The minimum absolute atomic E-state index is 0.0923. The zero-order valence-corrected chi connectivity index (χ0v) is 15.8. The molecule has 2 aromatic carbocycles. The molecule has 2 aromatic rings. The highest BCUT2D eigenvalue weighted by Gasteiger charge is 2.59. The summed E-state index contributed by atoms with van der Waals surface area (Å²) in [6, 6.07) is 8.96. The Kier molecular flexibility index (Phi) is 4.83. The monoisotopic (exact) mass is 451 g/mol. The molecule has 0 aliphatic carbocycles. The molecule has 0 bridgehead atoms. The van der Waals surface area contributed by atoms with Gasteiger partial charge in [-0.25, -0.2) is 0 Å². The van der Waals surface area contributed by atoms with Crippen LogP contribution in [0, 0.1) is 6.92 Å². The third kappa shape index (κ3) is 3.40. The molecule has 2 nitrogen and oxygen atoms in total. The van der Waals surface area contributed by atoms with E-state index in [0.717, 1.165) is 16.1 Å². The number of benzene rings is 2. The number of hydroxylamine groups is 1. The lowest BCUT2D eigenvalue weighted by atomic mass is 9.91. The van der Waals surface area contributed by atoms with E-state index in [1.807, 2.05) is 6.92 Å². The van der Waals surface area contributed by atoms with E-state index in [1.54, 1.807) is 18.2 Å². The quantitative estimate of drug-likeness (QED) is 0.569. The molecule has 1 heterocycles. The predicted molar refractivity (Wildman–Crippen MR) is 95.3 cm³/mol. The third-order valence-electron chi connectivity index (χ3n) is 3.86. The number of rotatable bonds is 2. The smallest absolute Gasteiger partial charge is 0.265 e. The second-order valence-corrected chi connectivity index (χ2v) is 7.34. The Hall–Kier alpha value is -1.21. The number of hydrogen-bond donors (Lipinski definition) is 1. The Morgan fingerprint density at radius 2 is 1.72 bits per heavy atom. The van der Waals surface area contributed by atoms with E-state index in [4.69, 9.17) is 28.0 Å². The molecule has 1 unspecified atom stereocenters. The van der Waals surface area contributed by atoms with Crippen LogP contribution in [-0.4, -0.2) is 6.18 Å². The first kappa shape index (κ1) is 18.6. The summed E-state index contributed by atoms with van der Waals surface area (Å²) in [7, 11) is 0. The fourth-order valence-corrected chi connectivity index (χ4v) is 3.42. The zero-order chi connectivity index (χ0) is 18.4. The average Bonchev–Trinajstić information content (AvgIpc) is 2.95. The molecule has 8 heteroatoms. The van der Waals surface area contributed by atoms with E-state index in [1.165, 1.54) is 18.2 Å². The molecule has 132 valence electrons. The number of aryl methyl sites for hydroxylation is 1. The van der Waals surface area contributed by atoms with Crippen LogP contribution in [0.4, 0.5) is 13.2 Å². The Morgan fingerprint density at radius 1 is 1.08 bits per heavy atom. The van der Waals surface area contributed by atoms with Gasteiger partial charge in [0.05, 0.1) is 5.70 Å². The van der Waals surface area contributed by atoms with E-state index in [9.17, 15) is 13.2 Å². The van der Waals surface area contributed by atoms with Crippen molar-refractivity contribution in [3.05, 3.63) is 73.7 Å². The Morgan fingerprint density at radius 3 is 2.28 bits per heavy atom. The molecule has 1 aliphatic heterocycles. The molecule has 1 N–H and O–H groups in total. The maximum atomic E-state index is 13.9. The van der Waals surface area contributed by atoms with E-state index in [-0.39, 0.29) is 21.3 Å². The van der Waals surface area contributed by atoms with Crippen LogP contribution in [-0.2, 0) is 10.4 Å². The highest BCUT2D eigenvalue weighted by Crippen LogP contribution is 2.48. The highest BCUT2D eigenvalue weighted by molar-refractivity contribution is 9.10. The maximum absolute atomic E-state index is 13.9. The van der Waals surface area contributed by atoms with Crippen LogP contribution in [0.25, 0.3) is 5.70 Å². The van der Waals surface area contributed by atoms with Crippen molar-refractivity contribution in [2.24, 2.45) is 0 Å². The summed E-state index contributed by atoms with van der Waals surface area (Å²) in [6.07, 6.45) is -3.73. The summed E-state index contributed by atoms with van der Waals surface area (Å²) in [4.78, 5) is 5.04. The standard InChI is InChI=1S/C17H11BrCl2F3NO/c1-9-2-3-10(4-14(9)18)15-8-16(25-24-15,17(21,22)23)11-5-12(19)7-13(20)6-11/h2-8,24H,1H3. The van der Waals surface area contributed by atoms with E-state index in [2.05, 4.69) is 21.4 Å². The van der Waals surface area contributed by atoms with Gasteiger partial charge in [-0.1, -0.05) is 51.3 Å². The molecule has 0 spiro atoms. The topological polar surface area (TPSA) is 21.3 Å². The fourth-order valence-electron chi connectivity index (χ4n) is 2.51. The minimum Gasteiger partial charge on any atom is -0.265 e. The molecule has 25 heavy (non-hydrogen) atoms. The lowest BCUT2D eigenvalue weighted by molar-refractivity contribution is -0.269. The minimum atomic E-state index is -4.72. The van der Waals surface area contributed by atoms with Crippen LogP contribution < -0.4 is 5.48 Å². The van der Waals surface area contributed by atoms with Gasteiger partial charge in [-0.2, -0.15) is 13.2 Å². The second-order valence-electron chi connectivity index (χ2n) is 5.62. The fraction of sp³-hybridized carbons (Fsp3) is 0.176. The highest BCUT2D eigenvalue weighted by atomic mass is 79.9. The SMILES string of the molecule is Cc1ccc(C2=CC(c3cc(Cl)cc(Cl)c3)(C(F)(F)F)ON2)cc1Br. The van der Waals surface area contributed by atoms with Gasteiger partial charge in [-0.3, -0.25) is 10.3 Å². The Labute approximate surface area is 160 Å². The van der Waals surface area contributed by atoms with Crippen LogP contribution in [0.3, 0.4) is 0 Å². The summed E-state index contributed by atoms with van der Waals surface area (Å²) < 4.78 is 42.5. The molecule has 0 aromatic heterocycles. The molecule has 0 fully saturated rings. The van der Waals surface area contributed by atoms with Crippen molar-refractivity contribution in [3.8, 4) is 0 Å². The van der Waals surface area contributed by atoms with Crippen molar-refractivity contribution in [1.82, 2.24) is 5.48 Å². The van der Waals surface area contributed by atoms with Crippen LogP contribution >= 0.6 is 39.1 Å². The largest absolute Gasteiger partial charge is 0.428 e. The summed E-state index contributed by atoms with van der Waals surface area (Å²) in [5.41, 5.74) is 1.22. The van der Waals surface area contributed by atoms with Gasteiger partial charge in [0.15, 0.2) is 0 Å². The Balaban J connectivity index is 2.15. The van der Waals surface area contributed by atoms with Crippen LogP contribution in [0.5, 0.6) is 0 Å². The number of alkyl halides is 3. The molecule has 1 atom stereocenters. The molecular formula is C17H11BrCl2F3NO. The van der Waals surface area contributed by atoms with Gasteiger partial charge < -0.3 is 0 Å². The lowest BCUT2D eigenvalue weighted by Crippen LogP contribution is -2.42. The van der Waals surface area contributed by atoms with Crippen molar-refractivity contribution in [2.75, 3.05) is 0 Å². The number of nitrogens with one attached hydrogen (secondary N) is 1. The van der Waals surface area contributed by atoms with Crippen molar-refractivity contribution in [3.63, 3.8) is 0 Å². The van der Waals surface area contributed by atoms with Crippen molar-refractivity contribution in [2.45, 2.75) is 18.7 Å². The molecular weight excluding hydrogens is 442 g/mol. The second kappa shape index (κ2) is 6.50. The van der Waals surface area contributed by atoms with E-state index in [0.29, 0.717) is 5.56 Å². The van der Waals surface area contributed by atoms with E-state index >= 15 is 0 Å². The summed E-state index contributed by atoms with van der Waals surface area (Å²) in [6.45, 7) is 1.88. The number of hydrogen-bond acceptors (Lipinski definition) is 2. The van der Waals surface area contributed by atoms with Crippen molar-refractivity contribution < 1.29 is 18.0 Å². The van der Waals surface area contributed by atoms with Crippen LogP contribution in [0.2, 0.25) is 10.0 Å². The van der Waals surface area contributed by atoms with Crippen molar-refractivity contribution in [1.29, 1.82) is 0 Å². The molecule has 1 aliphatic rings. The zero-order valence-electron chi connectivity index (χ0n) is 12.7. The van der Waals surface area contributed by atoms with Crippen LogP contribution in [0.15, 0.2) is 46.9 Å². The van der Waals surface area contributed by atoms with Gasteiger partial charge in [0.25, 0.3) is 0 Å². The van der Waals surface area contributed by atoms with Gasteiger partial charge in [0, 0.05) is 25.6 Å². The van der Waals surface area contributed by atoms with Gasteiger partial charge in [0.2, 0.25) is 5.60 Å². The molecule has 3 rings (SSSR count). The molecule has 0 saturated heterocycles. The first-order valence-corrected chi connectivity index (χ1v) is 8.64. The first-order valence-electron chi connectivity index (χ1n) is 7.09. The van der Waals surface area contributed by atoms with Crippen LogP contribution in [0.1, 0.15) is 16.7 Å². The summed E-state index contributed by atoms with van der Waals surface area (Å²) in [5, 5.41) is 0.185. The van der Waals surface area contributed by atoms with Gasteiger partial charge in [-0.15, -0.1) is 0 Å². The molecule has 0 radical (unpaired) electrons. The lowest BCUT2D eigenvalue weighted by Gasteiger charge is -2.28. The maximum Gasteiger partial charge on any atom is 0.428 e. The van der Waals surface area contributed by atoms with E-state index < -0.39 is 11.8 Å². The third-order valence-corrected chi connectivity index (χ3v) is 5.16. The van der Waals surface area contributed by atoms with Gasteiger partial charge in [-0.05, 0) is 42.8 Å². The average molecular weight is 453 g/mol. The first-order chi connectivity index (χ1) is 11.6. The summed E-state index contributed by atoms with van der Waals surface area (Å²) >= 11 is 15.1. The van der Waals surface area contributed by atoms with Crippen molar-refractivity contribution >= 4 is 44.8 Å². The Bertz CT molecular complexity index is 849. The number of halogens is 6. The molecule has 0 saturated carbocycles. The molecule has 0 amide bonds.